The van der Waals surface area contributed by atoms with Gasteiger partial charge in [-0.05, 0) is 19.1 Å². The SMILES string of the molecule is CC1CC2(OCCO2)c2ccc(O)cc2O1. The Morgan fingerprint density at radius 3 is 2.81 bits per heavy atom. The monoisotopic (exact) mass is 222 g/mol. The van der Waals surface area contributed by atoms with E-state index in [0.29, 0.717) is 25.4 Å². The third-order valence-corrected chi connectivity index (χ3v) is 3.01. The van der Waals surface area contributed by atoms with Crippen molar-refractivity contribution in [2.45, 2.75) is 25.2 Å². The Balaban J connectivity index is 2.11. The number of ether oxygens (including phenoxy) is 3. The third-order valence-electron chi connectivity index (χ3n) is 3.01. The lowest BCUT2D eigenvalue weighted by atomic mass is 9.95. The van der Waals surface area contributed by atoms with Crippen molar-refractivity contribution < 1.29 is 19.3 Å². The zero-order valence-corrected chi connectivity index (χ0v) is 9.10. The van der Waals surface area contributed by atoms with Crippen LogP contribution < -0.4 is 4.74 Å². The molecule has 1 aromatic rings. The molecule has 2 heterocycles. The molecule has 0 aromatic heterocycles. The number of phenols is 1. The van der Waals surface area contributed by atoms with Gasteiger partial charge in [0.05, 0.1) is 18.8 Å². The minimum atomic E-state index is -0.666. The highest BCUT2D eigenvalue weighted by Crippen LogP contribution is 2.45. The Kier molecular flexibility index (Phi) is 2.09. The van der Waals surface area contributed by atoms with Crippen LogP contribution in [0.15, 0.2) is 18.2 Å². The van der Waals surface area contributed by atoms with E-state index in [9.17, 15) is 5.11 Å². The number of fused-ring (bicyclic) bond motifs is 2. The molecular weight excluding hydrogens is 208 g/mol. The normalized spacial score (nSPS) is 26.4. The van der Waals surface area contributed by atoms with E-state index in [0.717, 1.165) is 5.56 Å². The molecule has 1 atom stereocenters. The molecule has 0 radical (unpaired) electrons. The van der Waals surface area contributed by atoms with E-state index in [4.69, 9.17) is 14.2 Å². The molecule has 3 rings (SSSR count). The maximum atomic E-state index is 9.44. The van der Waals surface area contributed by atoms with E-state index >= 15 is 0 Å². The van der Waals surface area contributed by atoms with Gasteiger partial charge in [0.15, 0.2) is 0 Å². The second kappa shape index (κ2) is 3.37. The van der Waals surface area contributed by atoms with Crippen LogP contribution in [0.1, 0.15) is 18.9 Å². The van der Waals surface area contributed by atoms with Gasteiger partial charge < -0.3 is 19.3 Å². The van der Waals surface area contributed by atoms with E-state index in [1.54, 1.807) is 12.1 Å². The molecule has 0 saturated carbocycles. The first-order valence-corrected chi connectivity index (χ1v) is 5.48. The van der Waals surface area contributed by atoms with Crippen LogP contribution in [0.3, 0.4) is 0 Å². The van der Waals surface area contributed by atoms with E-state index in [1.807, 2.05) is 13.0 Å². The fourth-order valence-electron chi connectivity index (χ4n) is 2.40. The molecule has 2 aliphatic heterocycles. The minimum absolute atomic E-state index is 0.0207. The fourth-order valence-corrected chi connectivity index (χ4v) is 2.40. The van der Waals surface area contributed by atoms with Crippen molar-refractivity contribution in [3.8, 4) is 11.5 Å². The van der Waals surface area contributed by atoms with E-state index in [-0.39, 0.29) is 11.9 Å². The molecule has 4 nitrogen and oxygen atoms in total. The molecule has 4 heteroatoms. The lowest BCUT2D eigenvalue weighted by Gasteiger charge is -2.36. The molecule has 1 spiro atoms. The fraction of sp³-hybridized carbons (Fsp3) is 0.500. The highest BCUT2D eigenvalue weighted by molar-refractivity contribution is 5.44. The van der Waals surface area contributed by atoms with Gasteiger partial charge in [-0.25, -0.2) is 0 Å². The lowest BCUT2D eigenvalue weighted by molar-refractivity contribution is -0.192. The number of hydrogen-bond donors (Lipinski definition) is 1. The molecule has 1 aromatic carbocycles. The van der Waals surface area contributed by atoms with Gasteiger partial charge in [-0.2, -0.15) is 0 Å². The molecule has 1 saturated heterocycles. The van der Waals surface area contributed by atoms with Gasteiger partial charge in [0.1, 0.15) is 17.6 Å². The lowest BCUT2D eigenvalue weighted by Crippen LogP contribution is -2.38. The van der Waals surface area contributed by atoms with Crippen LogP contribution in [0, 0.1) is 0 Å². The smallest absolute Gasteiger partial charge is 0.202 e. The highest BCUT2D eigenvalue weighted by atomic mass is 16.7. The van der Waals surface area contributed by atoms with E-state index < -0.39 is 5.79 Å². The molecule has 1 N–H and O–H groups in total. The Morgan fingerprint density at radius 1 is 1.31 bits per heavy atom. The molecule has 1 unspecified atom stereocenters. The summed E-state index contributed by atoms with van der Waals surface area (Å²) in [6.45, 7) is 3.18. The van der Waals surface area contributed by atoms with Gasteiger partial charge in [-0.15, -0.1) is 0 Å². The largest absolute Gasteiger partial charge is 0.508 e. The standard InChI is InChI=1S/C12H14O4/c1-8-7-12(14-4-5-15-12)10-3-2-9(13)6-11(10)16-8/h2-3,6,8,13H,4-5,7H2,1H3. The molecule has 0 aliphatic carbocycles. The number of aromatic hydroxyl groups is 1. The van der Waals surface area contributed by atoms with Crippen LogP contribution in [0.4, 0.5) is 0 Å². The molecular formula is C12H14O4. The zero-order valence-electron chi connectivity index (χ0n) is 9.10. The molecule has 0 bridgehead atoms. The Hall–Kier alpha value is -1.26. The number of rotatable bonds is 0. The van der Waals surface area contributed by atoms with Crippen molar-refractivity contribution in [3.63, 3.8) is 0 Å². The maximum Gasteiger partial charge on any atom is 0.202 e. The topological polar surface area (TPSA) is 47.9 Å². The second-order valence-electron chi connectivity index (χ2n) is 4.26. The van der Waals surface area contributed by atoms with Crippen LogP contribution in [-0.4, -0.2) is 24.4 Å². The molecule has 86 valence electrons. The summed E-state index contributed by atoms with van der Waals surface area (Å²) in [6, 6.07) is 5.05. The van der Waals surface area contributed by atoms with Crippen molar-refractivity contribution in [3.05, 3.63) is 23.8 Å². The Labute approximate surface area is 93.7 Å². The van der Waals surface area contributed by atoms with Crippen molar-refractivity contribution in [2.24, 2.45) is 0 Å². The summed E-state index contributed by atoms with van der Waals surface area (Å²) in [4.78, 5) is 0. The van der Waals surface area contributed by atoms with Gasteiger partial charge in [-0.1, -0.05) is 0 Å². The van der Waals surface area contributed by atoms with E-state index in [2.05, 4.69) is 0 Å². The predicted molar refractivity (Wildman–Crippen MR) is 56.4 cm³/mol. The van der Waals surface area contributed by atoms with Gasteiger partial charge >= 0.3 is 0 Å². The predicted octanol–water partition coefficient (Wildman–Crippen LogP) is 1.76. The van der Waals surface area contributed by atoms with Crippen LogP contribution in [0.5, 0.6) is 11.5 Å². The molecule has 0 amide bonds. The van der Waals surface area contributed by atoms with Gasteiger partial charge in [0.2, 0.25) is 5.79 Å². The van der Waals surface area contributed by atoms with Crippen molar-refractivity contribution in [1.82, 2.24) is 0 Å². The summed E-state index contributed by atoms with van der Waals surface area (Å²) in [5.41, 5.74) is 0.876. The van der Waals surface area contributed by atoms with Gasteiger partial charge in [0, 0.05) is 12.5 Å². The van der Waals surface area contributed by atoms with Gasteiger partial charge in [0.25, 0.3) is 0 Å². The Bertz CT molecular complexity index is 409. The summed E-state index contributed by atoms with van der Waals surface area (Å²) in [6.07, 6.45) is 0.706. The van der Waals surface area contributed by atoms with Crippen molar-refractivity contribution in [1.29, 1.82) is 0 Å². The van der Waals surface area contributed by atoms with Crippen molar-refractivity contribution in [2.75, 3.05) is 13.2 Å². The summed E-state index contributed by atoms with van der Waals surface area (Å²) in [5, 5.41) is 9.44. The average Bonchev–Trinajstić information content (AvgIpc) is 2.65. The maximum absolute atomic E-state index is 9.44. The minimum Gasteiger partial charge on any atom is -0.508 e. The van der Waals surface area contributed by atoms with Gasteiger partial charge in [-0.3, -0.25) is 0 Å². The zero-order chi connectivity index (χ0) is 11.2. The highest BCUT2D eigenvalue weighted by Gasteiger charge is 2.45. The first-order chi connectivity index (χ1) is 7.70. The number of phenolic OH excluding ortho intramolecular Hbond substituents is 1. The third kappa shape index (κ3) is 1.37. The second-order valence-corrected chi connectivity index (χ2v) is 4.26. The van der Waals surface area contributed by atoms with Crippen molar-refractivity contribution >= 4 is 0 Å². The first kappa shape index (κ1) is 9.93. The summed E-state index contributed by atoms with van der Waals surface area (Å²) >= 11 is 0. The summed E-state index contributed by atoms with van der Waals surface area (Å²) < 4.78 is 17.1. The van der Waals surface area contributed by atoms with Crippen LogP contribution in [-0.2, 0) is 15.3 Å². The average molecular weight is 222 g/mol. The molecule has 16 heavy (non-hydrogen) atoms. The number of hydrogen-bond acceptors (Lipinski definition) is 4. The summed E-state index contributed by atoms with van der Waals surface area (Å²) in [5.74, 6) is 0.183. The Morgan fingerprint density at radius 2 is 2.06 bits per heavy atom. The van der Waals surface area contributed by atoms with Crippen LogP contribution in [0.2, 0.25) is 0 Å². The number of benzene rings is 1. The summed E-state index contributed by atoms with van der Waals surface area (Å²) in [7, 11) is 0. The van der Waals surface area contributed by atoms with Crippen LogP contribution >= 0.6 is 0 Å². The molecule has 1 fully saturated rings. The van der Waals surface area contributed by atoms with Crippen LogP contribution in [0.25, 0.3) is 0 Å². The first-order valence-electron chi connectivity index (χ1n) is 5.48. The van der Waals surface area contributed by atoms with E-state index in [1.165, 1.54) is 0 Å². The quantitative estimate of drug-likeness (QED) is 0.726. The molecule has 2 aliphatic rings.